The smallest absolute Gasteiger partial charge is 0.466 e. The second-order valence-corrected chi connectivity index (χ2v) is 7.02. The van der Waals surface area contributed by atoms with Crippen molar-refractivity contribution in [3.63, 3.8) is 0 Å². The molecule has 0 spiro atoms. The second-order valence-electron chi connectivity index (χ2n) is 4.54. The minimum atomic E-state index is -3.82. The highest BCUT2D eigenvalue weighted by atomic mass is 28.4. The zero-order valence-corrected chi connectivity index (χ0v) is 14.3. The zero-order valence-electron chi connectivity index (χ0n) is 13.3. The summed E-state index contributed by atoms with van der Waals surface area (Å²) in [6.45, 7) is 5.26. The molecule has 0 aliphatic heterocycles. The maximum Gasteiger partial charge on any atom is 0.705 e. The van der Waals surface area contributed by atoms with E-state index in [4.69, 9.17) is 18.0 Å². The normalized spacial score (nSPS) is 10.5. The highest BCUT2D eigenvalue weighted by Crippen LogP contribution is 2.19. The Morgan fingerprint density at radius 1 is 0.864 bits per heavy atom. The highest BCUT2D eigenvalue weighted by Gasteiger charge is 2.51. The van der Waals surface area contributed by atoms with Gasteiger partial charge in [-0.05, 0) is 12.8 Å². The Hall–Kier alpha value is -1.90. The van der Waals surface area contributed by atoms with E-state index >= 15 is 0 Å². The molecule has 0 rings (SSSR count). The summed E-state index contributed by atoms with van der Waals surface area (Å²) in [5.41, 5.74) is 0. The molecule has 126 valence electrons. The van der Waals surface area contributed by atoms with Gasteiger partial charge in [-0.1, -0.05) is 6.92 Å². The fourth-order valence-corrected chi connectivity index (χ4v) is 3.95. The molecule has 0 saturated heterocycles. The van der Waals surface area contributed by atoms with Crippen LogP contribution < -0.4 is 0 Å². The number of esters is 1. The fraction of sp³-hybridized carbons (Fsp3) is 0.692. The fourth-order valence-electron chi connectivity index (χ4n) is 1.62. The Kier molecular flexibility index (Phi) is 9.07. The van der Waals surface area contributed by atoms with Gasteiger partial charge in [-0.2, -0.15) is 0 Å². The van der Waals surface area contributed by atoms with E-state index in [1.165, 1.54) is 0 Å². The van der Waals surface area contributed by atoms with Crippen molar-refractivity contribution in [2.24, 2.45) is 0 Å². The maximum absolute atomic E-state index is 11.2. The molecule has 0 aliphatic carbocycles. The Morgan fingerprint density at radius 3 is 1.68 bits per heavy atom. The van der Waals surface area contributed by atoms with Gasteiger partial charge in [-0.25, -0.2) is 0 Å². The lowest BCUT2D eigenvalue weighted by Gasteiger charge is -2.26. The van der Waals surface area contributed by atoms with Crippen molar-refractivity contribution in [1.29, 1.82) is 0 Å². The van der Waals surface area contributed by atoms with E-state index in [2.05, 4.69) is 0 Å². The van der Waals surface area contributed by atoms with E-state index in [1.807, 2.05) is 6.92 Å². The summed E-state index contributed by atoms with van der Waals surface area (Å²) in [6, 6.07) is -0.00878. The van der Waals surface area contributed by atoms with Crippen molar-refractivity contribution >= 4 is 32.7 Å². The summed E-state index contributed by atoms with van der Waals surface area (Å²) >= 11 is 0. The second kappa shape index (κ2) is 9.93. The standard InChI is InChI=1S/C13H22O8Si/c1-5-7-13(17)18-8-6-9-22(19-10(2)14,20-11(3)15)21-12(4)16/h5-9H2,1-4H3. The number of hydrogen-bond acceptors (Lipinski definition) is 8. The third-order valence-corrected chi connectivity index (χ3v) is 5.00. The van der Waals surface area contributed by atoms with Gasteiger partial charge in [0, 0.05) is 27.2 Å². The molecule has 0 aromatic carbocycles. The summed E-state index contributed by atoms with van der Waals surface area (Å²) in [7, 11) is -3.82. The molecular formula is C13H22O8Si. The topological polar surface area (TPSA) is 105 Å². The van der Waals surface area contributed by atoms with E-state index in [9.17, 15) is 19.2 Å². The SMILES string of the molecule is CCCC(=O)OCCC[Si](OC(C)=O)(OC(C)=O)OC(C)=O. The number of rotatable bonds is 9. The largest absolute Gasteiger partial charge is 0.705 e. The number of carbonyl (C=O) groups excluding carboxylic acids is 4. The monoisotopic (exact) mass is 334 g/mol. The first-order valence-electron chi connectivity index (χ1n) is 6.95. The number of carbonyl (C=O) groups is 4. The van der Waals surface area contributed by atoms with Crippen molar-refractivity contribution in [2.75, 3.05) is 6.61 Å². The molecular weight excluding hydrogens is 312 g/mol. The molecule has 9 heteroatoms. The molecule has 0 aliphatic rings. The predicted molar refractivity (Wildman–Crippen MR) is 76.3 cm³/mol. The van der Waals surface area contributed by atoms with Gasteiger partial charge in [0.25, 0.3) is 17.9 Å². The summed E-state index contributed by atoms with van der Waals surface area (Å²) in [5.74, 6) is -2.52. The average molecular weight is 334 g/mol. The average Bonchev–Trinajstić information content (AvgIpc) is 2.32. The lowest BCUT2D eigenvalue weighted by Crippen LogP contribution is -2.49. The molecule has 0 atom stereocenters. The molecule has 0 aromatic rings. The lowest BCUT2D eigenvalue weighted by molar-refractivity contribution is -0.149. The highest BCUT2D eigenvalue weighted by molar-refractivity contribution is 6.65. The Bertz CT molecular complexity index is 379. The minimum Gasteiger partial charge on any atom is -0.466 e. The predicted octanol–water partition coefficient (Wildman–Crippen LogP) is 1.35. The van der Waals surface area contributed by atoms with Crippen molar-refractivity contribution in [3.05, 3.63) is 0 Å². The van der Waals surface area contributed by atoms with Crippen LogP contribution in [0.15, 0.2) is 0 Å². The molecule has 0 heterocycles. The Balaban J connectivity index is 4.74. The van der Waals surface area contributed by atoms with Crippen LogP contribution in [0.25, 0.3) is 0 Å². The zero-order chi connectivity index (χ0) is 17.2. The summed E-state index contributed by atoms with van der Waals surface area (Å²) in [5, 5.41) is 0. The van der Waals surface area contributed by atoms with Crippen molar-refractivity contribution in [1.82, 2.24) is 0 Å². The van der Waals surface area contributed by atoms with Crippen LogP contribution in [0.3, 0.4) is 0 Å². The van der Waals surface area contributed by atoms with Crippen LogP contribution in [0.5, 0.6) is 0 Å². The molecule has 0 fully saturated rings. The molecule has 0 aromatic heterocycles. The molecule has 22 heavy (non-hydrogen) atoms. The molecule has 0 amide bonds. The van der Waals surface area contributed by atoms with E-state index in [0.29, 0.717) is 12.8 Å². The van der Waals surface area contributed by atoms with Gasteiger partial charge in [0.05, 0.1) is 12.7 Å². The summed E-state index contributed by atoms with van der Waals surface area (Å²) in [6.07, 6.45) is 1.21. The van der Waals surface area contributed by atoms with Crippen LogP contribution in [-0.4, -0.2) is 39.3 Å². The van der Waals surface area contributed by atoms with Gasteiger partial charge in [0.1, 0.15) is 0 Å². The van der Waals surface area contributed by atoms with Crippen molar-refractivity contribution in [2.45, 2.75) is 53.0 Å². The van der Waals surface area contributed by atoms with Gasteiger partial charge in [0.15, 0.2) is 0 Å². The van der Waals surface area contributed by atoms with Crippen LogP contribution >= 0.6 is 0 Å². The third-order valence-electron chi connectivity index (χ3n) is 2.24. The molecule has 8 nitrogen and oxygen atoms in total. The van der Waals surface area contributed by atoms with Gasteiger partial charge >= 0.3 is 14.8 Å². The number of hydrogen-bond donors (Lipinski definition) is 0. The first-order valence-corrected chi connectivity index (χ1v) is 8.88. The van der Waals surface area contributed by atoms with Gasteiger partial charge in [-0.3, -0.25) is 19.2 Å². The van der Waals surface area contributed by atoms with Crippen LogP contribution in [0.1, 0.15) is 47.0 Å². The number of ether oxygens (including phenoxy) is 1. The van der Waals surface area contributed by atoms with Crippen LogP contribution in [0, 0.1) is 0 Å². The van der Waals surface area contributed by atoms with E-state index in [1.54, 1.807) is 0 Å². The Labute approximate surface area is 130 Å². The molecule has 0 bridgehead atoms. The van der Waals surface area contributed by atoms with E-state index in [-0.39, 0.29) is 25.0 Å². The lowest BCUT2D eigenvalue weighted by atomic mass is 10.3. The molecule has 0 saturated carbocycles. The van der Waals surface area contributed by atoms with E-state index in [0.717, 1.165) is 20.8 Å². The third kappa shape index (κ3) is 9.11. The molecule has 0 unspecified atom stereocenters. The van der Waals surface area contributed by atoms with Crippen molar-refractivity contribution in [3.8, 4) is 0 Å². The summed E-state index contributed by atoms with van der Waals surface area (Å²) < 4.78 is 19.9. The minimum absolute atomic E-state index is 0.00878. The van der Waals surface area contributed by atoms with Gasteiger partial charge < -0.3 is 18.0 Å². The van der Waals surface area contributed by atoms with Gasteiger partial charge in [-0.15, -0.1) is 0 Å². The van der Waals surface area contributed by atoms with Gasteiger partial charge in [0.2, 0.25) is 0 Å². The first-order chi connectivity index (χ1) is 10.2. The molecule has 0 radical (unpaired) electrons. The van der Waals surface area contributed by atoms with Crippen molar-refractivity contribution < 1.29 is 37.2 Å². The summed E-state index contributed by atoms with van der Waals surface area (Å²) in [4.78, 5) is 44.8. The molecule has 0 N–H and O–H groups in total. The maximum atomic E-state index is 11.2. The van der Waals surface area contributed by atoms with Crippen LogP contribution in [0.2, 0.25) is 6.04 Å². The quantitative estimate of drug-likeness (QED) is 0.353. The van der Waals surface area contributed by atoms with Crippen LogP contribution in [-0.2, 0) is 37.2 Å². The first kappa shape index (κ1) is 20.1. The van der Waals surface area contributed by atoms with E-state index < -0.39 is 26.7 Å². The van der Waals surface area contributed by atoms with Crippen LogP contribution in [0.4, 0.5) is 0 Å². The Morgan fingerprint density at radius 2 is 1.32 bits per heavy atom.